The molecule has 0 bridgehead atoms. The van der Waals surface area contributed by atoms with E-state index in [9.17, 15) is 8.42 Å². The standard InChI is InChI=1S/C15H19NO3S/c1-11-10-15(8-7-13(11)4-3-9-17)20(18,19)16-12(2)14-5-6-14/h7-8,10,12,14,16-17H,5-6,9H2,1-2H3. The molecule has 1 aliphatic rings. The van der Waals surface area contributed by atoms with Gasteiger partial charge < -0.3 is 5.11 Å². The Hall–Kier alpha value is -1.35. The summed E-state index contributed by atoms with van der Waals surface area (Å²) in [4.78, 5) is 0.261. The van der Waals surface area contributed by atoms with Crippen LogP contribution in [0.2, 0.25) is 0 Å². The molecule has 0 aromatic heterocycles. The van der Waals surface area contributed by atoms with E-state index in [-0.39, 0.29) is 17.5 Å². The zero-order valence-corrected chi connectivity index (χ0v) is 12.5. The summed E-state index contributed by atoms with van der Waals surface area (Å²) >= 11 is 0. The van der Waals surface area contributed by atoms with Crippen molar-refractivity contribution in [1.82, 2.24) is 4.72 Å². The van der Waals surface area contributed by atoms with Gasteiger partial charge in [-0.3, -0.25) is 0 Å². The first-order valence-electron chi connectivity index (χ1n) is 6.67. The molecule has 0 heterocycles. The van der Waals surface area contributed by atoms with Crippen molar-refractivity contribution in [3.63, 3.8) is 0 Å². The Bertz CT molecular complexity index is 651. The van der Waals surface area contributed by atoms with E-state index in [4.69, 9.17) is 5.11 Å². The first-order chi connectivity index (χ1) is 9.44. The molecule has 108 valence electrons. The van der Waals surface area contributed by atoms with Gasteiger partial charge in [-0.25, -0.2) is 13.1 Å². The molecule has 1 atom stereocenters. The molecule has 2 rings (SSSR count). The summed E-state index contributed by atoms with van der Waals surface area (Å²) in [5.41, 5.74) is 1.51. The van der Waals surface area contributed by atoms with Gasteiger partial charge in [-0.15, -0.1) is 0 Å². The van der Waals surface area contributed by atoms with Crippen molar-refractivity contribution in [3.8, 4) is 11.8 Å². The van der Waals surface area contributed by atoms with Gasteiger partial charge in [-0.1, -0.05) is 11.8 Å². The maximum absolute atomic E-state index is 12.3. The van der Waals surface area contributed by atoms with Gasteiger partial charge in [0.2, 0.25) is 10.0 Å². The van der Waals surface area contributed by atoms with Crippen LogP contribution in [0, 0.1) is 24.7 Å². The lowest BCUT2D eigenvalue weighted by atomic mass is 10.1. The molecule has 0 saturated heterocycles. The molecule has 0 radical (unpaired) electrons. The zero-order chi connectivity index (χ0) is 14.8. The fraction of sp³-hybridized carbons (Fsp3) is 0.467. The minimum Gasteiger partial charge on any atom is -0.384 e. The highest BCUT2D eigenvalue weighted by Gasteiger charge is 2.31. The molecule has 0 aliphatic heterocycles. The molecular formula is C15H19NO3S. The highest BCUT2D eigenvalue weighted by molar-refractivity contribution is 7.89. The molecule has 1 fully saturated rings. The average Bonchev–Trinajstić information content (AvgIpc) is 3.21. The number of hydrogen-bond acceptors (Lipinski definition) is 3. The second-order valence-corrected chi connectivity index (χ2v) is 6.90. The summed E-state index contributed by atoms with van der Waals surface area (Å²) in [6.45, 7) is 3.51. The maximum atomic E-state index is 12.3. The fourth-order valence-corrected chi connectivity index (χ4v) is 3.48. The lowest BCUT2D eigenvalue weighted by molar-refractivity contribution is 0.350. The first-order valence-corrected chi connectivity index (χ1v) is 8.15. The molecule has 1 aromatic rings. The highest BCUT2D eigenvalue weighted by Crippen LogP contribution is 2.33. The van der Waals surface area contributed by atoms with Crippen molar-refractivity contribution in [3.05, 3.63) is 29.3 Å². The lowest BCUT2D eigenvalue weighted by Crippen LogP contribution is -2.34. The van der Waals surface area contributed by atoms with E-state index in [1.54, 1.807) is 18.2 Å². The summed E-state index contributed by atoms with van der Waals surface area (Å²) < 4.78 is 27.3. The Morgan fingerprint density at radius 1 is 1.45 bits per heavy atom. The number of hydrogen-bond donors (Lipinski definition) is 2. The second-order valence-electron chi connectivity index (χ2n) is 5.18. The normalized spacial score (nSPS) is 16.4. The Kier molecular flexibility index (Phi) is 4.48. The molecule has 1 saturated carbocycles. The topological polar surface area (TPSA) is 66.4 Å². The summed E-state index contributed by atoms with van der Waals surface area (Å²) in [5.74, 6) is 5.83. The van der Waals surface area contributed by atoms with Crippen LogP contribution in [0.1, 0.15) is 30.9 Å². The summed E-state index contributed by atoms with van der Waals surface area (Å²) in [6, 6.07) is 4.82. The smallest absolute Gasteiger partial charge is 0.240 e. The molecule has 0 spiro atoms. The second kappa shape index (κ2) is 5.96. The molecule has 1 aromatic carbocycles. The van der Waals surface area contributed by atoms with Crippen molar-refractivity contribution in [2.24, 2.45) is 5.92 Å². The predicted molar refractivity (Wildman–Crippen MR) is 77.7 cm³/mol. The number of benzene rings is 1. The van der Waals surface area contributed by atoms with Crippen molar-refractivity contribution in [2.75, 3.05) is 6.61 Å². The molecule has 2 N–H and O–H groups in total. The van der Waals surface area contributed by atoms with Crippen molar-refractivity contribution >= 4 is 10.0 Å². The van der Waals surface area contributed by atoms with Crippen LogP contribution in [-0.4, -0.2) is 26.2 Å². The Morgan fingerprint density at radius 3 is 2.70 bits per heavy atom. The van der Waals surface area contributed by atoms with Gasteiger partial charge in [0, 0.05) is 11.6 Å². The number of aliphatic hydroxyl groups is 1. The van der Waals surface area contributed by atoms with Crippen LogP contribution in [0.3, 0.4) is 0 Å². The van der Waals surface area contributed by atoms with Crippen LogP contribution in [0.4, 0.5) is 0 Å². The van der Waals surface area contributed by atoms with Crippen LogP contribution in [0.15, 0.2) is 23.1 Å². The van der Waals surface area contributed by atoms with Crippen molar-refractivity contribution in [2.45, 2.75) is 37.6 Å². The third kappa shape index (κ3) is 3.60. The molecule has 4 nitrogen and oxygen atoms in total. The van der Waals surface area contributed by atoms with E-state index in [1.807, 2.05) is 13.8 Å². The van der Waals surface area contributed by atoms with E-state index in [1.165, 1.54) is 0 Å². The Balaban J connectivity index is 2.21. The van der Waals surface area contributed by atoms with Gasteiger partial charge in [-0.2, -0.15) is 0 Å². The third-order valence-electron chi connectivity index (χ3n) is 3.48. The van der Waals surface area contributed by atoms with Gasteiger partial charge in [0.15, 0.2) is 0 Å². The third-order valence-corrected chi connectivity index (χ3v) is 5.04. The molecule has 1 aliphatic carbocycles. The largest absolute Gasteiger partial charge is 0.384 e. The van der Waals surface area contributed by atoms with E-state index in [0.29, 0.717) is 5.92 Å². The predicted octanol–water partition coefficient (Wildman–Crippen LogP) is 1.42. The van der Waals surface area contributed by atoms with Gasteiger partial charge in [0.1, 0.15) is 6.61 Å². The molecule has 1 unspecified atom stereocenters. The minimum absolute atomic E-state index is 0.0193. The van der Waals surface area contributed by atoms with Crippen LogP contribution < -0.4 is 4.72 Å². The molecule has 20 heavy (non-hydrogen) atoms. The van der Waals surface area contributed by atoms with Gasteiger partial charge in [-0.05, 0) is 56.4 Å². The monoisotopic (exact) mass is 293 g/mol. The van der Waals surface area contributed by atoms with Crippen LogP contribution >= 0.6 is 0 Å². The van der Waals surface area contributed by atoms with Crippen LogP contribution in [0.5, 0.6) is 0 Å². The summed E-state index contributed by atoms with van der Waals surface area (Å²) in [7, 11) is -3.47. The number of sulfonamides is 1. The highest BCUT2D eigenvalue weighted by atomic mass is 32.2. The zero-order valence-electron chi connectivity index (χ0n) is 11.7. The number of aliphatic hydroxyl groups excluding tert-OH is 1. The van der Waals surface area contributed by atoms with Crippen molar-refractivity contribution in [1.29, 1.82) is 0 Å². The SMILES string of the molecule is Cc1cc(S(=O)(=O)NC(C)C2CC2)ccc1C#CCO. The maximum Gasteiger partial charge on any atom is 0.240 e. The van der Waals surface area contributed by atoms with E-state index < -0.39 is 10.0 Å². The molecule has 0 amide bonds. The molecule has 5 heteroatoms. The Morgan fingerprint density at radius 2 is 2.15 bits per heavy atom. The van der Waals surface area contributed by atoms with Gasteiger partial charge in [0.25, 0.3) is 0 Å². The average molecular weight is 293 g/mol. The number of rotatable bonds is 4. The van der Waals surface area contributed by atoms with Crippen molar-refractivity contribution < 1.29 is 13.5 Å². The first kappa shape index (κ1) is 15.0. The van der Waals surface area contributed by atoms with Gasteiger partial charge >= 0.3 is 0 Å². The van der Waals surface area contributed by atoms with Crippen LogP contribution in [-0.2, 0) is 10.0 Å². The fourth-order valence-electron chi connectivity index (χ4n) is 2.08. The quantitative estimate of drug-likeness (QED) is 0.825. The van der Waals surface area contributed by atoms with E-state index in [0.717, 1.165) is 24.0 Å². The minimum atomic E-state index is -3.47. The number of aryl methyl sites for hydroxylation is 1. The molecular weight excluding hydrogens is 274 g/mol. The lowest BCUT2D eigenvalue weighted by Gasteiger charge is -2.14. The van der Waals surface area contributed by atoms with Crippen LogP contribution in [0.25, 0.3) is 0 Å². The van der Waals surface area contributed by atoms with Gasteiger partial charge in [0.05, 0.1) is 4.90 Å². The summed E-state index contributed by atoms with van der Waals surface area (Å²) in [5, 5.41) is 8.68. The van der Waals surface area contributed by atoms with E-state index >= 15 is 0 Å². The van der Waals surface area contributed by atoms with E-state index in [2.05, 4.69) is 16.6 Å². The number of nitrogens with one attached hydrogen (secondary N) is 1. The Labute approximate surface area is 120 Å². The summed E-state index contributed by atoms with van der Waals surface area (Å²) in [6.07, 6.45) is 2.19.